The summed E-state index contributed by atoms with van der Waals surface area (Å²) in [6, 6.07) is 11.4. The monoisotopic (exact) mass is 474 g/mol. The largest absolute Gasteiger partial charge is 0.506 e. The molecule has 8 nitrogen and oxygen atoms in total. The van der Waals surface area contributed by atoms with Crippen molar-refractivity contribution in [2.75, 3.05) is 20.7 Å². The summed E-state index contributed by atoms with van der Waals surface area (Å²) in [6.45, 7) is 1.15. The maximum absolute atomic E-state index is 14.5. The first kappa shape index (κ1) is 24.1. The molecule has 3 rings (SSSR count). The Morgan fingerprint density at radius 1 is 1.21 bits per heavy atom. The molecule has 0 bridgehead atoms. The molecule has 1 N–H and O–H groups in total. The van der Waals surface area contributed by atoms with E-state index < -0.39 is 28.6 Å². The van der Waals surface area contributed by atoms with Crippen LogP contribution in [0.2, 0.25) is 0 Å². The normalized spacial score (nSPS) is 12.3. The van der Waals surface area contributed by atoms with Crippen molar-refractivity contribution >= 4 is 33.4 Å². The van der Waals surface area contributed by atoms with Crippen LogP contribution in [-0.2, 0) is 21.3 Å². The number of sulfonamides is 1. The van der Waals surface area contributed by atoms with Crippen molar-refractivity contribution in [3.8, 4) is 11.1 Å². The van der Waals surface area contributed by atoms with E-state index in [0.29, 0.717) is 39.6 Å². The first-order valence-corrected chi connectivity index (χ1v) is 11.3. The topological polar surface area (TPSA) is 106 Å². The van der Waals surface area contributed by atoms with Crippen molar-refractivity contribution in [2.24, 2.45) is 0 Å². The lowest BCUT2D eigenvalue weighted by molar-refractivity contribution is 0.101. The number of rotatable bonds is 8. The standard InChI is InChI=1S/C23H23FN2O6S/c1-15-22(17-5-4-6-19(12-17)33(30,31)25(2)3)20-11-16(14-27)7-8-21(20)26(15)13-18(24)9-10-32-23(28)29/h4-9,11-12,14H,10,13H2,1-3H3,(H,28,29). The molecule has 10 heteroatoms. The van der Waals surface area contributed by atoms with Crippen LogP contribution in [0.4, 0.5) is 9.18 Å². The summed E-state index contributed by atoms with van der Waals surface area (Å²) in [5.74, 6) is -0.605. The minimum atomic E-state index is -3.68. The van der Waals surface area contributed by atoms with Crippen LogP contribution in [-0.4, -0.2) is 55.5 Å². The van der Waals surface area contributed by atoms with Gasteiger partial charge in [0, 0.05) is 41.8 Å². The molecule has 0 unspecified atom stereocenters. The molecule has 33 heavy (non-hydrogen) atoms. The zero-order valence-electron chi connectivity index (χ0n) is 18.3. The third-order valence-corrected chi connectivity index (χ3v) is 7.02. The molecule has 1 aromatic heterocycles. The Morgan fingerprint density at radius 2 is 1.94 bits per heavy atom. The number of nitrogens with zero attached hydrogens (tertiary/aromatic N) is 2. The molecule has 3 aromatic rings. The van der Waals surface area contributed by atoms with E-state index in [-0.39, 0.29) is 11.4 Å². The lowest BCUT2D eigenvalue weighted by Gasteiger charge is -2.13. The lowest BCUT2D eigenvalue weighted by Crippen LogP contribution is -2.22. The summed E-state index contributed by atoms with van der Waals surface area (Å²) in [5.41, 5.74) is 2.97. The van der Waals surface area contributed by atoms with Crippen LogP contribution in [0.15, 0.2) is 59.3 Å². The molecule has 0 atom stereocenters. The number of carbonyl (C=O) groups is 2. The molecular formula is C23H23FN2O6S. The lowest BCUT2D eigenvalue weighted by atomic mass is 10.0. The van der Waals surface area contributed by atoms with Gasteiger partial charge in [0.2, 0.25) is 10.0 Å². The highest BCUT2D eigenvalue weighted by Gasteiger charge is 2.21. The van der Waals surface area contributed by atoms with Gasteiger partial charge in [0.1, 0.15) is 18.7 Å². The molecule has 0 saturated carbocycles. The van der Waals surface area contributed by atoms with Gasteiger partial charge in [-0.2, -0.15) is 0 Å². The molecule has 0 amide bonds. The van der Waals surface area contributed by atoms with Gasteiger partial charge in [0.05, 0.1) is 11.4 Å². The predicted molar refractivity (Wildman–Crippen MR) is 122 cm³/mol. The molecule has 2 aromatic carbocycles. The smallest absolute Gasteiger partial charge is 0.450 e. The van der Waals surface area contributed by atoms with Crippen molar-refractivity contribution in [1.29, 1.82) is 0 Å². The molecule has 0 aliphatic rings. The first-order chi connectivity index (χ1) is 15.6. The van der Waals surface area contributed by atoms with Crippen molar-refractivity contribution in [3.05, 3.63) is 65.6 Å². The third-order valence-electron chi connectivity index (χ3n) is 5.21. The number of allylic oxidation sites excluding steroid dienone is 1. The maximum atomic E-state index is 14.5. The maximum Gasteiger partial charge on any atom is 0.506 e. The summed E-state index contributed by atoms with van der Waals surface area (Å²) in [6.07, 6.45) is 0.230. The summed E-state index contributed by atoms with van der Waals surface area (Å²) in [7, 11) is -0.790. The fraction of sp³-hybridized carbons (Fsp3) is 0.217. The molecule has 1 heterocycles. The van der Waals surface area contributed by atoms with E-state index in [4.69, 9.17) is 5.11 Å². The average molecular weight is 475 g/mol. The molecule has 0 aliphatic carbocycles. The number of fused-ring (bicyclic) bond motifs is 1. The highest BCUT2D eigenvalue weighted by atomic mass is 32.2. The van der Waals surface area contributed by atoms with Gasteiger partial charge in [-0.15, -0.1) is 0 Å². The van der Waals surface area contributed by atoms with E-state index in [1.165, 1.54) is 20.2 Å². The highest BCUT2D eigenvalue weighted by molar-refractivity contribution is 7.89. The molecule has 0 aliphatic heterocycles. The van der Waals surface area contributed by atoms with Crippen LogP contribution in [0, 0.1) is 6.92 Å². The number of carbonyl (C=O) groups excluding carboxylic acids is 1. The summed E-state index contributed by atoms with van der Waals surface area (Å²) >= 11 is 0. The van der Waals surface area contributed by atoms with Gasteiger partial charge in [0.15, 0.2) is 0 Å². The minimum absolute atomic E-state index is 0.105. The Labute approximate surface area is 190 Å². The van der Waals surface area contributed by atoms with Crippen LogP contribution in [0.1, 0.15) is 16.1 Å². The number of carboxylic acid groups (broad SMARTS) is 1. The highest BCUT2D eigenvalue weighted by Crippen LogP contribution is 2.36. The fourth-order valence-corrected chi connectivity index (χ4v) is 4.53. The van der Waals surface area contributed by atoms with Gasteiger partial charge in [-0.1, -0.05) is 12.1 Å². The Morgan fingerprint density at radius 3 is 2.58 bits per heavy atom. The van der Waals surface area contributed by atoms with Gasteiger partial charge >= 0.3 is 6.16 Å². The van der Waals surface area contributed by atoms with Crippen LogP contribution in [0.25, 0.3) is 22.0 Å². The van der Waals surface area contributed by atoms with Gasteiger partial charge in [-0.3, -0.25) is 4.79 Å². The minimum Gasteiger partial charge on any atom is -0.450 e. The molecule has 0 spiro atoms. The number of halogens is 1. The Kier molecular flexibility index (Phi) is 6.99. The number of aldehydes is 1. The Bertz CT molecular complexity index is 1360. The second kappa shape index (κ2) is 9.55. The Hall–Kier alpha value is -3.50. The molecule has 174 valence electrons. The van der Waals surface area contributed by atoms with E-state index in [0.717, 1.165) is 10.4 Å². The number of hydrogen-bond acceptors (Lipinski definition) is 5. The summed E-state index contributed by atoms with van der Waals surface area (Å²) in [4.78, 5) is 22.0. The van der Waals surface area contributed by atoms with Gasteiger partial charge < -0.3 is 14.4 Å². The summed E-state index contributed by atoms with van der Waals surface area (Å²) < 4.78 is 46.9. The average Bonchev–Trinajstić information content (AvgIpc) is 3.03. The van der Waals surface area contributed by atoms with E-state index in [2.05, 4.69) is 4.74 Å². The first-order valence-electron chi connectivity index (χ1n) is 9.87. The van der Waals surface area contributed by atoms with Crippen LogP contribution in [0.3, 0.4) is 0 Å². The SMILES string of the molecule is Cc1c(-c2cccc(S(=O)(=O)N(C)C)c2)c2cc(C=O)ccc2n1CC(F)=CCOC(=O)O. The number of ether oxygens (including phenoxy) is 1. The van der Waals surface area contributed by atoms with E-state index in [1.807, 2.05) is 0 Å². The Balaban J connectivity index is 2.18. The number of hydrogen-bond donors (Lipinski definition) is 1. The van der Waals surface area contributed by atoms with Crippen molar-refractivity contribution in [3.63, 3.8) is 0 Å². The molecule has 0 saturated heterocycles. The van der Waals surface area contributed by atoms with Crippen molar-refractivity contribution in [2.45, 2.75) is 18.4 Å². The molecule has 0 fully saturated rings. The van der Waals surface area contributed by atoms with Crippen LogP contribution in [0.5, 0.6) is 0 Å². The van der Waals surface area contributed by atoms with Gasteiger partial charge in [0.25, 0.3) is 0 Å². The molecular weight excluding hydrogens is 451 g/mol. The van der Waals surface area contributed by atoms with Crippen molar-refractivity contribution in [1.82, 2.24) is 8.87 Å². The van der Waals surface area contributed by atoms with Crippen molar-refractivity contribution < 1.29 is 32.2 Å². The van der Waals surface area contributed by atoms with E-state index in [9.17, 15) is 22.4 Å². The molecule has 0 radical (unpaired) electrons. The zero-order chi connectivity index (χ0) is 24.3. The predicted octanol–water partition coefficient (Wildman–Crippen LogP) is 4.23. The second-order valence-corrected chi connectivity index (χ2v) is 9.64. The van der Waals surface area contributed by atoms with E-state index in [1.54, 1.807) is 47.9 Å². The van der Waals surface area contributed by atoms with E-state index >= 15 is 0 Å². The van der Waals surface area contributed by atoms with Gasteiger partial charge in [-0.25, -0.2) is 21.9 Å². The second-order valence-electron chi connectivity index (χ2n) is 7.48. The number of aromatic nitrogens is 1. The van der Waals surface area contributed by atoms with Crippen LogP contribution < -0.4 is 0 Å². The number of benzene rings is 2. The van der Waals surface area contributed by atoms with Gasteiger partial charge in [-0.05, 0) is 48.9 Å². The van der Waals surface area contributed by atoms with Crippen LogP contribution >= 0.6 is 0 Å². The zero-order valence-corrected chi connectivity index (χ0v) is 19.1. The fourth-order valence-electron chi connectivity index (χ4n) is 3.58. The quantitative estimate of drug-likeness (QED) is 0.387. The third kappa shape index (κ3) is 4.96. The summed E-state index contributed by atoms with van der Waals surface area (Å²) in [5, 5.41) is 9.20.